The molecular formula is C15H21NO3. The maximum atomic E-state index is 11.5. The summed E-state index contributed by atoms with van der Waals surface area (Å²) >= 11 is 0. The van der Waals surface area contributed by atoms with E-state index in [1.165, 1.54) is 6.92 Å². The van der Waals surface area contributed by atoms with E-state index in [9.17, 15) is 9.59 Å². The van der Waals surface area contributed by atoms with E-state index in [2.05, 4.69) is 5.32 Å². The Balaban J connectivity index is 2.69. The van der Waals surface area contributed by atoms with E-state index in [1.54, 1.807) is 7.11 Å². The second-order valence-corrected chi connectivity index (χ2v) is 5.27. The first-order valence-electron chi connectivity index (χ1n) is 6.26. The summed E-state index contributed by atoms with van der Waals surface area (Å²) in [5.41, 5.74) is 0.857. The van der Waals surface area contributed by atoms with Gasteiger partial charge in [0.1, 0.15) is 11.5 Å². The third-order valence-electron chi connectivity index (χ3n) is 2.99. The Labute approximate surface area is 114 Å². The molecule has 0 atom stereocenters. The van der Waals surface area contributed by atoms with Crippen LogP contribution in [0.1, 0.15) is 32.8 Å². The van der Waals surface area contributed by atoms with Crippen LogP contribution in [0.15, 0.2) is 24.3 Å². The summed E-state index contributed by atoms with van der Waals surface area (Å²) in [7, 11) is 1.63. The van der Waals surface area contributed by atoms with E-state index < -0.39 is 0 Å². The standard InChI is InChI=1S/C15H21NO3/c1-11(17)8-14(18)16-10-15(2,3)12-6-5-7-13(9-12)19-4/h5-7,9H,8,10H2,1-4H3,(H,16,18). The van der Waals surface area contributed by atoms with Crippen molar-refractivity contribution in [3.63, 3.8) is 0 Å². The number of rotatable bonds is 6. The van der Waals surface area contributed by atoms with E-state index in [0.29, 0.717) is 6.54 Å². The van der Waals surface area contributed by atoms with E-state index in [4.69, 9.17) is 4.74 Å². The summed E-state index contributed by atoms with van der Waals surface area (Å²) < 4.78 is 5.20. The van der Waals surface area contributed by atoms with Crippen LogP contribution in [0.4, 0.5) is 0 Å². The predicted octanol–water partition coefficient (Wildman–Crippen LogP) is 2.07. The highest BCUT2D eigenvalue weighted by atomic mass is 16.5. The van der Waals surface area contributed by atoms with Crippen molar-refractivity contribution in [2.75, 3.05) is 13.7 Å². The molecule has 0 heterocycles. The molecule has 0 radical (unpaired) electrons. The largest absolute Gasteiger partial charge is 0.497 e. The molecule has 0 bridgehead atoms. The van der Waals surface area contributed by atoms with Gasteiger partial charge in [-0.15, -0.1) is 0 Å². The maximum absolute atomic E-state index is 11.5. The molecule has 1 aromatic carbocycles. The molecule has 0 saturated carbocycles. The van der Waals surface area contributed by atoms with E-state index in [1.807, 2.05) is 38.1 Å². The molecule has 4 nitrogen and oxygen atoms in total. The van der Waals surface area contributed by atoms with E-state index in [0.717, 1.165) is 11.3 Å². The van der Waals surface area contributed by atoms with Crippen molar-refractivity contribution in [2.24, 2.45) is 0 Å². The molecule has 0 aromatic heterocycles. The summed E-state index contributed by atoms with van der Waals surface area (Å²) in [4.78, 5) is 22.4. The maximum Gasteiger partial charge on any atom is 0.227 e. The number of hydrogen-bond donors (Lipinski definition) is 1. The van der Waals surface area contributed by atoms with Crippen LogP contribution in [-0.2, 0) is 15.0 Å². The normalized spacial score (nSPS) is 10.9. The zero-order valence-corrected chi connectivity index (χ0v) is 11.9. The molecule has 0 saturated heterocycles. The molecular weight excluding hydrogens is 242 g/mol. The SMILES string of the molecule is COc1cccc(C(C)(C)CNC(=O)CC(C)=O)c1. The number of ether oxygens (including phenoxy) is 1. The summed E-state index contributed by atoms with van der Waals surface area (Å²) in [6.07, 6.45) is -0.0613. The van der Waals surface area contributed by atoms with Gasteiger partial charge in [0.25, 0.3) is 0 Å². The molecule has 0 spiro atoms. The van der Waals surface area contributed by atoms with Gasteiger partial charge in [0.2, 0.25) is 5.91 Å². The Kier molecular flexibility index (Phi) is 5.10. The van der Waals surface area contributed by atoms with Crippen molar-refractivity contribution >= 4 is 11.7 Å². The molecule has 0 unspecified atom stereocenters. The summed E-state index contributed by atoms with van der Waals surface area (Å²) in [5.74, 6) is 0.431. The highest BCUT2D eigenvalue weighted by molar-refractivity contribution is 5.96. The molecule has 4 heteroatoms. The topological polar surface area (TPSA) is 55.4 Å². The van der Waals surface area contributed by atoms with Crippen molar-refractivity contribution in [1.29, 1.82) is 0 Å². The smallest absolute Gasteiger partial charge is 0.227 e. The molecule has 1 N–H and O–H groups in total. The average molecular weight is 263 g/mol. The fourth-order valence-electron chi connectivity index (χ4n) is 1.75. The molecule has 1 amide bonds. The number of benzene rings is 1. The van der Waals surface area contributed by atoms with Crippen molar-refractivity contribution < 1.29 is 14.3 Å². The van der Waals surface area contributed by atoms with Gasteiger partial charge in [0.05, 0.1) is 13.5 Å². The van der Waals surface area contributed by atoms with Crippen LogP contribution in [0.2, 0.25) is 0 Å². The van der Waals surface area contributed by atoms with Gasteiger partial charge in [0.15, 0.2) is 0 Å². The van der Waals surface area contributed by atoms with Gasteiger partial charge in [-0.25, -0.2) is 0 Å². The molecule has 19 heavy (non-hydrogen) atoms. The van der Waals surface area contributed by atoms with Crippen LogP contribution in [0.3, 0.4) is 0 Å². The number of hydrogen-bond acceptors (Lipinski definition) is 3. The molecule has 0 aliphatic heterocycles. The number of nitrogens with one attached hydrogen (secondary N) is 1. The average Bonchev–Trinajstić information content (AvgIpc) is 2.36. The van der Waals surface area contributed by atoms with E-state index >= 15 is 0 Å². The number of carbonyl (C=O) groups excluding carboxylic acids is 2. The Morgan fingerprint density at radius 1 is 1.32 bits per heavy atom. The predicted molar refractivity (Wildman–Crippen MR) is 74.3 cm³/mol. The first-order valence-corrected chi connectivity index (χ1v) is 6.26. The quantitative estimate of drug-likeness (QED) is 0.799. The van der Waals surface area contributed by atoms with E-state index in [-0.39, 0.29) is 23.5 Å². The van der Waals surface area contributed by atoms with Gasteiger partial charge in [-0.2, -0.15) is 0 Å². The Hall–Kier alpha value is -1.84. The lowest BCUT2D eigenvalue weighted by atomic mass is 9.84. The lowest BCUT2D eigenvalue weighted by Gasteiger charge is -2.26. The summed E-state index contributed by atoms with van der Waals surface area (Å²) in [5, 5.41) is 2.79. The first-order chi connectivity index (χ1) is 8.85. The summed E-state index contributed by atoms with van der Waals surface area (Å²) in [6.45, 7) is 5.96. The molecule has 1 aromatic rings. The van der Waals surface area contributed by atoms with Crippen molar-refractivity contribution in [2.45, 2.75) is 32.6 Å². The lowest BCUT2D eigenvalue weighted by Crippen LogP contribution is -2.37. The third-order valence-corrected chi connectivity index (χ3v) is 2.99. The van der Waals surface area contributed by atoms with Gasteiger partial charge >= 0.3 is 0 Å². The highest BCUT2D eigenvalue weighted by Gasteiger charge is 2.22. The van der Waals surface area contributed by atoms with Gasteiger partial charge in [0, 0.05) is 12.0 Å². The highest BCUT2D eigenvalue weighted by Crippen LogP contribution is 2.25. The van der Waals surface area contributed by atoms with Crippen LogP contribution < -0.4 is 10.1 Å². The third kappa shape index (κ3) is 4.73. The summed E-state index contributed by atoms with van der Waals surface area (Å²) in [6, 6.07) is 7.76. The first kappa shape index (κ1) is 15.2. The van der Waals surface area contributed by atoms with Crippen LogP contribution in [0.5, 0.6) is 5.75 Å². The number of Topliss-reactive ketones (excluding diaryl/α,β-unsaturated/α-hetero) is 1. The number of amides is 1. The zero-order valence-electron chi connectivity index (χ0n) is 11.9. The second kappa shape index (κ2) is 6.36. The van der Waals surface area contributed by atoms with Crippen LogP contribution in [0.25, 0.3) is 0 Å². The fraction of sp³-hybridized carbons (Fsp3) is 0.467. The number of ketones is 1. The molecule has 0 fully saturated rings. The van der Waals surface area contributed by atoms with Crippen LogP contribution >= 0.6 is 0 Å². The van der Waals surface area contributed by atoms with Gasteiger partial charge in [-0.3, -0.25) is 9.59 Å². The van der Waals surface area contributed by atoms with Crippen LogP contribution in [-0.4, -0.2) is 25.3 Å². The Bertz CT molecular complexity index is 466. The van der Waals surface area contributed by atoms with Crippen molar-refractivity contribution in [1.82, 2.24) is 5.32 Å². The number of methoxy groups -OCH3 is 1. The Morgan fingerprint density at radius 3 is 2.58 bits per heavy atom. The molecule has 1 rings (SSSR count). The number of carbonyl (C=O) groups is 2. The fourth-order valence-corrected chi connectivity index (χ4v) is 1.75. The molecule has 0 aliphatic carbocycles. The molecule has 0 aliphatic rings. The second-order valence-electron chi connectivity index (χ2n) is 5.27. The van der Waals surface area contributed by atoms with Gasteiger partial charge in [-0.1, -0.05) is 26.0 Å². The minimum atomic E-state index is -0.233. The van der Waals surface area contributed by atoms with Gasteiger partial charge < -0.3 is 10.1 Å². The Morgan fingerprint density at radius 2 is 2.00 bits per heavy atom. The monoisotopic (exact) mass is 263 g/mol. The zero-order chi connectivity index (χ0) is 14.5. The van der Waals surface area contributed by atoms with Crippen molar-refractivity contribution in [3.05, 3.63) is 29.8 Å². The molecule has 104 valence electrons. The minimum Gasteiger partial charge on any atom is -0.497 e. The van der Waals surface area contributed by atoms with Crippen LogP contribution in [0, 0.1) is 0 Å². The van der Waals surface area contributed by atoms with Gasteiger partial charge in [-0.05, 0) is 24.6 Å². The van der Waals surface area contributed by atoms with Crippen molar-refractivity contribution in [3.8, 4) is 5.75 Å². The lowest BCUT2D eigenvalue weighted by molar-refractivity contribution is -0.127. The minimum absolute atomic E-state index is 0.0613.